The second kappa shape index (κ2) is 14.8. The summed E-state index contributed by atoms with van der Waals surface area (Å²) in [6.07, 6.45) is 6.01. The molecule has 2 aliphatic rings. The molecule has 4 rings (SSSR count). The molecule has 2 heterocycles. The quantitative estimate of drug-likeness (QED) is 0.370. The summed E-state index contributed by atoms with van der Waals surface area (Å²) in [6, 6.07) is 11.8. The van der Waals surface area contributed by atoms with Gasteiger partial charge in [0.1, 0.15) is 12.1 Å². The van der Waals surface area contributed by atoms with E-state index in [9.17, 15) is 19.2 Å². The van der Waals surface area contributed by atoms with Crippen LogP contribution in [0.3, 0.4) is 0 Å². The molecule has 0 saturated carbocycles. The number of hydrogen-bond acceptors (Lipinski definition) is 5. The van der Waals surface area contributed by atoms with E-state index in [0.717, 1.165) is 43.0 Å². The number of nitrogens with zero attached hydrogens (tertiary/aromatic N) is 3. The number of likely N-dealkylation sites (N-methyl/N-ethyl adjacent to an activating group) is 2. The monoisotopic (exact) mass is 631 g/mol. The first-order valence-electron chi connectivity index (χ1n) is 16.8. The maximum absolute atomic E-state index is 14.1. The van der Waals surface area contributed by atoms with E-state index in [1.54, 1.807) is 23.8 Å². The van der Waals surface area contributed by atoms with Crippen LogP contribution < -0.4 is 10.6 Å². The number of amides is 4. The first kappa shape index (κ1) is 35.1. The van der Waals surface area contributed by atoms with E-state index < -0.39 is 17.5 Å². The molecule has 2 aromatic rings. The first-order chi connectivity index (χ1) is 21.7. The molecule has 2 saturated heterocycles. The normalized spacial score (nSPS) is 20.8. The lowest BCUT2D eigenvalue weighted by Gasteiger charge is -2.39. The fraction of sp³-hybridized carbons (Fsp3) is 0.568. The summed E-state index contributed by atoms with van der Waals surface area (Å²) in [5.74, 6) is -0.710. The smallest absolute Gasteiger partial charge is 0.249 e. The standard InChI is InChI=1S/C37H53N5O4/c1-24(2)31(41(8)36(46)32(37(4,5)6)39-33(43)29-16-11-12-20-40(29)7)22-25(3)35(45)42-21-13-17-30(42)34(44)38-28-19-18-26-14-9-10-15-27(26)23-28/h9-10,14-15,18-19,22-24,29-32H,11-13,16-17,20-21H2,1-8H3,(H,38,44)(H,39,43)/b25-22+/t29?,30-,31?,32?/m0/s1. The zero-order chi connectivity index (χ0) is 33.8. The number of rotatable bonds is 9. The maximum atomic E-state index is 14.1. The fourth-order valence-corrected chi connectivity index (χ4v) is 6.72. The van der Waals surface area contributed by atoms with E-state index >= 15 is 0 Å². The largest absolute Gasteiger partial charge is 0.342 e. The van der Waals surface area contributed by atoms with Crippen LogP contribution in [0, 0.1) is 11.3 Å². The van der Waals surface area contributed by atoms with Crippen molar-refractivity contribution in [3.05, 3.63) is 54.1 Å². The SMILES string of the molecule is C/C(=C\C(C(C)C)N(C)C(=O)C(NC(=O)C1CCCCN1C)C(C)(C)C)C(=O)N1CCC[C@H]1C(=O)Nc1ccc2ccccc2c1. The van der Waals surface area contributed by atoms with Gasteiger partial charge in [-0.05, 0) is 80.4 Å². The summed E-state index contributed by atoms with van der Waals surface area (Å²) in [5.41, 5.74) is 0.667. The van der Waals surface area contributed by atoms with Crippen LogP contribution in [0.4, 0.5) is 5.69 Å². The van der Waals surface area contributed by atoms with Gasteiger partial charge >= 0.3 is 0 Å². The van der Waals surface area contributed by atoms with E-state index in [-0.39, 0.29) is 41.6 Å². The number of benzene rings is 2. The summed E-state index contributed by atoms with van der Waals surface area (Å²) < 4.78 is 0. The molecular weight excluding hydrogens is 578 g/mol. The molecule has 9 nitrogen and oxygen atoms in total. The Morgan fingerprint density at radius 1 is 0.913 bits per heavy atom. The Bertz CT molecular complexity index is 1460. The van der Waals surface area contributed by atoms with Crippen LogP contribution in [-0.4, -0.2) is 89.7 Å². The molecule has 46 heavy (non-hydrogen) atoms. The van der Waals surface area contributed by atoms with Crippen LogP contribution in [0.1, 0.15) is 73.6 Å². The Morgan fingerprint density at radius 2 is 1.59 bits per heavy atom. The zero-order valence-corrected chi connectivity index (χ0v) is 28.9. The van der Waals surface area contributed by atoms with Gasteiger partial charge in [-0.2, -0.15) is 0 Å². The zero-order valence-electron chi connectivity index (χ0n) is 28.9. The molecule has 4 amide bonds. The molecular formula is C37H53N5O4. The molecule has 2 N–H and O–H groups in total. The van der Waals surface area contributed by atoms with Gasteiger partial charge in [0.25, 0.3) is 0 Å². The van der Waals surface area contributed by atoms with Gasteiger partial charge in [-0.3, -0.25) is 24.1 Å². The van der Waals surface area contributed by atoms with Gasteiger partial charge in [0.15, 0.2) is 0 Å². The Morgan fingerprint density at radius 3 is 2.24 bits per heavy atom. The van der Waals surface area contributed by atoms with E-state index in [4.69, 9.17) is 0 Å². The molecule has 2 aromatic carbocycles. The van der Waals surface area contributed by atoms with Gasteiger partial charge < -0.3 is 20.4 Å². The van der Waals surface area contributed by atoms with E-state index in [0.29, 0.717) is 24.2 Å². The number of carbonyl (C=O) groups is 4. The minimum Gasteiger partial charge on any atom is -0.342 e. The Balaban J connectivity index is 1.48. The van der Waals surface area contributed by atoms with Crippen molar-refractivity contribution in [3.63, 3.8) is 0 Å². The highest BCUT2D eigenvalue weighted by Gasteiger charge is 2.40. The molecule has 2 fully saturated rings. The lowest BCUT2D eigenvalue weighted by molar-refractivity contribution is -0.141. The molecule has 9 heteroatoms. The number of nitrogens with one attached hydrogen (secondary N) is 2. The average Bonchev–Trinajstić information content (AvgIpc) is 3.51. The average molecular weight is 632 g/mol. The van der Waals surface area contributed by atoms with E-state index in [2.05, 4.69) is 15.5 Å². The molecule has 0 aromatic heterocycles. The molecule has 0 bridgehead atoms. The number of fused-ring (bicyclic) bond motifs is 1. The van der Waals surface area contributed by atoms with Crippen molar-refractivity contribution < 1.29 is 19.2 Å². The van der Waals surface area contributed by atoms with Crippen LogP contribution >= 0.6 is 0 Å². The van der Waals surface area contributed by atoms with Crippen molar-refractivity contribution in [2.75, 3.05) is 32.5 Å². The Labute approximate surface area is 274 Å². The number of anilines is 1. The Kier molecular flexibility index (Phi) is 11.3. The van der Waals surface area contributed by atoms with E-state index in [1.807, 2.05) is 90.2 Å². The topological polar surface area (TPSA) is 102 Å². The molecule has 3 unspecified atom stereocenters. The molecule has 250 valence electrons. The predicted octanol–water partition coefficient (Wildman–Crippen LogP) is 5.21. The summed E-state index contributed by atoms with van der Waals surface area (Å²) >= 11 is 0. The van der Waals surface area contributed by atoms with Crippen LogP contribution in [0.2, 0.25) is 0 Å². The van der Waals surface area contributed by atoms with Crippen molar-refractivity contribution in [2.24, 2.45) is 11.3 Å². The fourth-order valence-electron chi connectivity index (χ4n) is 6.72. The Hall–Kier alpha value is -3.72. The molecule has 0 radical (unpaired) electrons. The van der Waals surface area contributed by atoms with Gasteiger partial charge in [0.05, 0.1) is 12.1 Å². The van der Waals surface area contributed by atoms with Crippen molar-refractivity contribution in [1.82, 2.24) is 20.0 Å². The van der Waals surface area contributed by atoms with Crippen LogP contribution in [0.5, 0.6) is 0 Å². The third kappa shape index (κ3) is 8.16. The predicted molar refractivity (Wildman–Crippen MR) is 184 cm³/mol. The maximum Gasteiger partial charge on any atom is 0.249 e. The van der Waals surface area contributed by atoms with E-state index in [1.165, 1.54) is 0 Å². The molecule has 0 spiro atoms. The highest BCUT2D eigenvalue weighted by molar-refractivity contribution is 6.02. The highest BCUT2D eigenvalue weighted by atomic mass is 16.2. The second-order valence-corrected chi connectivity index (χ2v) is 14.5. The number of likely N-dealkylation sites (tertiary alicyclic amines) is 2. The van der Waals surface area contributed by atoms with Gasteiger partial charge in [-0.15, -0.1) is 0 Å². The molecule has 2 aliphatic heterocycles. The van der Waals surface area contributed by atoms with Gasteiger partial charge in [0.2, 0.25) is 23.6 Å². The third-order valence-electron chi connectivity index (χ3n) is 9.54. The van der Waals surface area contributed by atoms with Crippen LogP contribution in [0.15, 0.2) is 54.1 Å². The second-order valence-electron chi connectivity index (χ2n) is 14.5. The number of hydrogen-bond donors (Lipinski definition) is 2. The summed E-state index contributed by atoms with van der Waals surface area (Å²) in [6.45, 7) is 13.0. The summed E-state index contributed by atoms with van der Waals surface area (Å²) in [7, 11) is 3.70. The minimum absolute atomic E-state index is 0.00285. The van der Waals surface area contributed by atoms with Crippen molar-refractivity contribution >= 4 is 40.1 Å². The van der Waals surface area contributed by atoms with Gasteiger partial charge in [-0.25, -0.2) is 0 Å². The highest BCUT2D eigenvalue weighted by Crippen LogP contribution is 2.27. The third-order valence-corrected chi connectivity index (χ3v) is 9.54. The van der Waals surface area contributed by atoms with Crippen LogP contribution in [-0.2, 0) is 19.2 Å². The van der Waals surface area contributed by atoms with Gasteiger partial charge in [-0.1, -0.05) is 77.4 Å². The van der Waals surface area contributed by atoms with Crippen molar-refractivity contribution in [3.8, 4) is 0 Å². The molecule has 4 atom stereocenters. The van der Waals surface area contributed by atoms with Crippen molar-refractivity contribution in [1.29, 1.82) is 0 Å². The summed E-state index contributed by atoms with van der Waals surface area (Å²) in [5, 5.41) is 8.23. The number of carbonyl (C=O) groups excluding carboxylic acids is 4. The lowest BCUT2D eigenvalue weighted by Crippen LogP contribution is -2.59. The summed E-state index contributed by atoms with van der Waals surface area (Å²) in [4.78, 5) is 60.0. The molecule has 0 aliphatic carbocycles. The van der Waals surface area contributed by atoms with Crippen LogP contribution in [0.25, 0.3) is 10.8 Å². The lowest BCUT2D eigenvalue weighted by atomic mass is 9.84. The first-order valence-corrected chi connectivity index (χ1v) is 16.8. The van der Waals surface area contributed by atoms with Crippen molar-refractivity contribution in [2.45, 2.75) is 97.8 Å². The number of piperidine rings is 1. The van der Waals surface area contributed by atoms with Gasteiger partial charge in [0, 0.05) is 24.9 Å². The minimum atomic E-state index is -0.729.